The number of rotatable bonds is 4. The van der Waals surface area contributed by atoms with Crippen LogP contribution in [0.25, 0.3) is 0 Å². The largest absolute Gasteiger partial charge is 0.465 e. The van der Waals surface area contributed by atoms with Crippen LogP contribution in [0.4, 0.5) is 0 Å². The van der Waals surface area contributed by atoms with Crippen molar-refractivity contribution in [3.63, 3.8) is 0 Å². The average molecular weight is 287 g/mol. The van der Waals surface area contributed by atoms with Gasteiger partial charge in [-0.05, 0) is 30.9 Å². The van der Waals surface area contributed by atoms with Gasteiger partial charge in [-0.3, -0.25) is 9.59 Å². The normalized spacial score (nSPS) is 21.6. The van der Waals surface area contributed by atoms with Gasteiger partial charge in [-0.15, -0.1) is 0 Å². The fraction of sp³-hybridized carbons (Fsp3) is 0.857. The topological polar surface area (TPSA) is 55.4 Å². The molecule has 2 atom stereocenters. The van der Waals surface area contributed by atoms with Crippen molar-refractivity contribution < 1.29 is 14.3 Å². The molecule has 1 aliphatic rings. The zero-order valence-electron chi connectivity index (χ0n) is 12.3. The molecule has 0 radical (unpaired) electrons. The van der Waals surface area contributed by atoms with Gasteiger partial charge in [0.15, 0.2) is 0 Å². The monoisotopic (exact) mass is 287 g/mol. The maximum absolute atomic E-state index is 12.4. The second-order valence-corrected chi connectivity index (χ2v) is 7.12. The molecule has 4 nitrogen and oxygen atoms in total. The van der Waals surface area contributed by atoms with Crippen LogP contribution in [0, 0.1) is 11.3 Å². The predicted molar refractivity (Wildman–Crippen MR) is 78.1 cm³/mol. The van der Waals surface area contributed by atoms with Crippen LogP contribution in [0.5, 0.6) is 0 Å². The zero-order valence-corrected chi connectivity index (χ0v) is 13.1. The minimum absolute atomic E-state index is 0.186. The summed E-state index contributed by atoms with van der Waals surface area (Å²) < 4.78 is 5.04. The first kappa shape index (κ1) is 16.3. The predicted octanol–water partition coefficient (Wildman–Crippen LogP) is 2.22. The second kappa shape index (κ2) is 7.17. The number of carbonyl (C=O) groups excluding carboxylic acids is 2. The van der Waals surface area contributed by atoms with Crippen LogP contribution in [-0.4, -0.2) is 36.0 Å². The summed E-state index contributed by atoms with van der Waals surface area (Å²) >= 11 is 1.85. The molecule has 1 fully saturated rings. The first-order chi connectivity index (χ1) is 8.86. The molecule has 1 saturated heterocycles. The molecule has 0 aromatic rings. The molecule has 0 aromatic carbocycles. The minimum Gasteiger partial charge on any atom is -0.465 e. The van der Waals surface area contributed by atoms with Crippen molar-refractivity contribution in [2.24, 2.45) is 11.3 Å². The van der Waals surface area contributed by atoms with Crippen LogP contribution in [0.3, 0.4) is 0 Å². The maximum Gasteiger partial charge on any atom is 0.319 e. The molecule has 0 spiro atoms. The number of ether oxygens (including phenoxy) is 1. The zero-order chi connectivity index (χ0) is 14.5. The molecule has 0 aliphatic carbocycles. The Morgan fingerprint density at radius 3 is 2.58 bits per heavy atom. The summed E-state index contributed by atoms with van der Waals surface area (Å²) in [5.74, 6) is 0.743. The van der Waals surface area contributed by atoms with Crippen molar-refractivity contribution in [3.8, 4) is 0 Å². The highest BCUT2D eigenvalue weighted by molar-refractivity contribution is 7.99. The van der Waals surface area contributed by atoms with E-state index in [1.165, 1.54) is 0 Å². The molecule has 1 amide bonds. The van der Waals surface area contributed by atoms with E-state index in [0.717, 1.165) is 24.3 Å². The average Bonchev–Trinajstić information content (AvgIpc) is 2.28. The molecular weight excluding hydrogens is 262 g/mol. The number of hydrogen-bond acceptors (Lipinski definition) is 4. The Labute approximate surface area is 120 Å². The lowest BCUT2D eigenvalue weighted by Gasteiger charge is -2.30. The van der Waals surface area contributed by atoms with Crippen molar-refractivity contribution >= 4 is 23.6 Å². The number of hydrogen-bond donors (Lipinski definition) is 1. The first-order valence-electron chi connectivity index (χ1n) is 6.91. The van der Waals surface area contributed by atoms with Crippen molar-refractivity contribution in [2.75, 3.05) is 18.1 Å². The summed E-state index contributed by atoms with van der Waals surface area (Å²) in [5, 5.41) is 3.00. The minimum atomic E-state index is -0.737. The molecule has 19 heavy (non-hydrogen) atoms. The van der Waals surface area contributed by atoms with Crippen LogP contribution in [0.1, 0.15) is 40.5 Å². The Kier molecular flexibility index (Phi) is 6.17. The van der Waals surface area contributed by atoms with E-state index in [2.05, 4.69) is 5.32 Å². The molecule has 110 valence electrons. The lowest BCUT2D eigenvalue weighted by Crippen LogP contribution is -2.48. The van der Waals surface area contributed by atoms with Crippen molar-refractivity contribution in [3.05, 3.63) is 0 Å². The summed E-state index contributed by atoms with van der Waals surface area (Å²) in [4.78, 5) is 24.3. The van der Waals surface area contributed by atoms with Crippen molar-refractivity contribution in [1.82, 2.24) is 5.32 Å². The highest BCUT2D eigenvalue weighted by Gasteiger charge is 2.39. The Morgan fingerprint density at radius 2 is 2.11 bits per heavy atom. The molecule has 0 bridgehead atoms. The van der Waals surface area contributed by atoms with Gasteiger partial charge in [0.25, 0.3) is 0 Å². The van der Waals surface area contributed by atoms with E-state index in [0.29, 0.717) is 6.61 Å². The lowest BCUT2D eigenvalue weighted by atomic mass is 9.80. The Hall–Kier alpha value is -0.710. The summed E-state index contributed by atoms with van der Waals surface area (Å²) in [5.41, 5.74) is -0.432. The van der Waals surface area contributed by atoms with Crippen LogP contribution in [0.15, 0.2) is 0 Å². The SMILES string of the molecule is CCOC(=O)C(C(=O)NC1CCCSC1)C(C)(C)C. The summed E-state index contributed by atoms with van der Waals surface area (Å²) in [6.07, 6.45) is 2.12. The molecular formula is C14H25NO3S. The van der Waals surface area contributed by atoms with Gasteiger partial charge in [-0.2, -0.15) is 11.8 Å². The quantitative estimate of drug-likeness (QED) is 0.636. The van der Waals surface area contributed by atoms with Gasteiger partial charge < -0.3 is 10.1 Å². The lowest BCUT2D eigenvalue weighted by molar-refractivity contribution is -0.156. The maximum atomic E-state index is 12.4. The van der Waals surface area contributed by atoms with E-state index in [1.807, 2.05) is 32.5 Å². The van der Waals surface area contributed by atoms with Crippen LogP contribution < -0.4 is 5.32 Å². The highest BCUT2D eigenvalue weighted by Crippen LogP contribution is 2.28. The Bertz CT molecular complexity index is 319. The summed E-state index contributed by atoms with van der Waals surface area (Å²) in [7, 11) is 0. The standard InChI is InChI=1S/C14H25NO3S/c1-5-18-13(17)11(14(2,3)4)12(16)15-10-7-6-8-19-9-10/h10-11H,5-9H2,1-4H3,(H,15,16). The summed E-state index contributed by atoms with van der Waals surface area (Å²) in [6.45, 7) is 7.74. The smallest absolute Gasteiger partial charge is 0.319 e. The Morgan fingerprint density at radius 1 is 1.42 bits per heavy atom. The molecule has 1 aliphatic heterocycles. The second-order valence-electron chi connectivity index (χ2n) is 5.97. The van der Waals surface area contributed by atoms with Crippen LogP contribution in [0.2, 0.25) is 0 Å². The van der Waals surface area contributed by atoms with Crippen molar-refractivity contribution in [1.29, 1.82) is 0 Å². The van der Waals surface area contributed by atoms with E-state index in [1.54, 1.807) is 6.92 Å². The highest BCUT2D eigenvalue weighted by atomic mass is 32.2. The van der Waals surface area contributed by atoms with Gasteiger partial charge in [-0.25, -0.2) is 0 Å². The third-order valence-electron chi connectivity index (χ3n) is 3.16. The van der Waals surface area contributed by atoms with E-state index in [4.69, 9.17) is 4.74 Å². The van der Waals surface area contributed by atoms with E-state index in [9.17, 15) is 9.59 Å². The van der Waals surface area contributed by atoms with Crippen LogP contribution >= 0.6 is 11.8 Å². The van der Waals surface area contributed by atoms with Gasteiger partial charge in [-0.1, -0.05) is 20.8 Å². The van der Waals surface area contributed by atoms with E-state index >= 15 is 0 Å². The molecule has 5 heteroatoms. The molecule has 1 N–H and O–H groups in total. The third-order valence-corrected chi connectivity index (χ3v) is 4.37. The number of carbonyl (C=O) groups is 2. The van der Waals surface area contributed by atoms with E-state index < -0.39 is 17.3 Å². The fourth-order valence-corrected chi connectivity index (χ4v) is 3.29. The van der Waals surface area contributed by atoms with Crippen LogP contribution in [-0.2, 0) is 14.3 Å². The molecule has 1 rings (SSSR count). The number of amides is 1. The van der Waals surface area contributed by atoms with Gasteiger partial charge in [0.1, 0.15) is 5.92 Å². The first-order valence-corrected chi connectivity index (χ1v) is 8.06. The fourth-order valence-electron chi connectivity index (χ4n) is 2.22. The molecule has 1 heterocycles. The molecule has 0 saturated carbocycles. The Balaban J connectivity index is 2.68. The summed E-state index contributed by atoms with van der Waals surface area (Å²) in [6, 6.07) is 0.186. The number of esters is 1. The third kappa shape index (κ3) is 5.05. The molecule has 2 unspecified atom stereocenters. The van der Waals surface area contributed by atoms with Crippen molar-refractivity contribution in [2.45, 2.75) is 46.6 Å². The number of nitrogens with one attached hydrogen (secondary N) is 1. The van der Waals surface area contributed by atoms with Gasteiger partial charge in [0, 0.05) is 11.8 Å². The van der Waals surface area contributed by atoms with Gasteiger partial charge in [0.05, 0.1) is 6.61 Å². The number of thioether (sulfide) groups is 1. The molecule has 0 aromatic heterocycles. The van der Waals surface area contributed by atoms with Gasteiger partial charge in [0.2, 0.25) is 5.91 Å². The van der Waals surface area contributed by atoms with E-state index in [-0.39, 0.29) is 11.9 Å². The van der Waals surface area contributed by atoms with Gasteiger partial charge >= 0.3 is 5.97 Å².